The molecule has 2 heteroatoms. The Kier molecular flexibility index (Phi) is 16.2. The van der Waals surface area contributed by atoms with Crippen LogP contribution in [0.25, 0.3) is 0 Å². The molecule has 1 rings (SSSR count). The van der Waals surface area contributed by atoms with Gasteiger partial charge in [0.2, 0.25) is 5.91 Å². The van der Waals surface area contributed by atoms with Crippen LogP contribution in [0, 0.1) is 5.92 Å². The summed E-state index contributed by atoms with van der Waals surface area (Å²) in [5, 5.41) is 3.16. The van der Waals surface area contributed by atoms with E-state index in [1.54, 1.807) is 0 Å². The quantitative estimate of drug-likeness (QED) is 0.265. The third-order valence-electron chi connectivity index (χ3n) is 6.06. The average Bonchev–Trinajstić information content (AvgIpc) is 2.68. The predicted octanol–water partition coefficient (Wildman–Crippen LogP) is 7.55. The molecule has 0 unspecified atom stereocenters. The van der Waals surface area contributed by atoms with Crippen molar-refractivity contribution < 1.29 is 4.79 Å². The average molecular weight is 366 g/mol. The topological polar surface area (TPSA) is 29.1 Å². The summed E-state index contributed by atoms with van der Waals surface area (Å²) in [6.07, 6.45) is 27.0. The largest absolute Gasteiger partial charge is 0.356 e. The highest BCUT2D eigenvalue weighted by molar-refractivity contribution is 5.78. The van der Waals surface area contributed by atoms with Crippen molar-refractivity contribution in [2.24, 2.45) is 5.92 Å². The highest BCUT2D eigenvalue weighted by Gasteiger charge is 2.20. The first-order valence-corrected chi connectivity index (χ1v) is 12.1. The number of rotatable bonds is 17. The summed E-state index contributed by atoms with van der Waals surface area (Å²) in [7, 11) is 0. The lowest BCUT2D eigenvalue weighted by atomic mass is 9.88. The first-order chi connectivity index (χ1) is 12.8. The molecule has 0 heterocycles. The van der Waals surface area contributed by atoms with Gasteiger partial charge in [0.05, 0.1) is 0 Å². The molecular weight excluding hydrogens is 318 g/mol. The van der Waals surface area contributed by atoms with Gasteiger partial charge in [0.1, 0.15) is 0 Å². The van der Waals surface area contributed by atoms with Gasteiger partial charge in [-0.1, -0.05) is 116 Å². The number of carbonyl (C=O) groups excluding carboxylic acids is 1. The zero-order valence-corrected chi connectivity index (χ0v) is 17.8. The molecule has 0 saturated heterocycles. The molecule has 1 aliphatic rings. The van der Waals surface area contributed by atoms with Gasteiger partial charge in [-0.15, -0.1) is 0 Å². The predicted molar refractivity (Wildman–Crippen MR) is 115 cm³/mol. The normalized spacial score (nSPS) is 15.3. The first-order valence-electron chi connectivity index (χ1n) is 12.1. The van der Waals surface area contributed by atoms with Crippen molar-refractivity contribution in [3.8, 4) is 0 Å². The van der Waals surface area contributed by atoms with Crippen LogP contribution in [0.1, 0.15) is 135 Å². The summed E-state index contributed by atoms with van der Waals surface area (Å²) < 4.78 is 0. The summed E-state index contributed by atoms with van der Waals surface area (Å²) in [5.41, 5.74) is 0. The van der Waals surface area contributed by atoms with Gasteiger partial charge in [0, 0.05) is 12.5 Å². The van der Waals surface area contributed by atoms with E-state index in [4.69, 9.17) is 0 Å². The maximum atomic E-state index is 12.0. The molecule has 0 spiro atoms. The lowest BCUT2D eigenvalue weighted by Gasteiger charge is -2.20. The highest BCUT2D eigenvalue weighted by atomic mass is 16.1. The monoisotopic (exact) mass is 365 g/mol. The maximum Gasteiger partial charge on any atom is 0.223 e. The molecule has 0 aliphatic heterocycles. The van der Waals surface area contributed by atoms with E-state index in [-0.39, 0.29) is 0 Å². The second kappa shape index (κ2) is 17.9. The fraction of sp³-hybridized carbons (Fsp3) is 0.958. The summed E-state index contributed by atoms with van der Waals surface area (Å²) in [5.74, 6) is 0.648. The zero-order valence-electron chi connectivity index (χ0n) is 17.8. The Morgan fingerprint density at radius 1 is 0.654 bits per heavy atom. The van der Waals surface area contributed by atoms with E-state index in [0.717, 1.165) is 25.8 Å². The van der Waals surface area contributed by atoms with Gasteiger partial charge in [-0.05, 0) is 19.3 Å². The minimum Gasteiger partial charge on any atom is -0.356 e. The molecule has 1 amide bonds. The van der Waals surface area contributed by atoms with E-state index in [1.165, 1.54) is 109 Å². The molecule has 1 aliphatic carbocycles. The second-order valence-electron chi connectivity index (χ2n) is 8.58. The molecule has 26 heavy (non-hydrogen) atoms. The number of amides is 1. The minimum absolute atomic E-state index is 0.320. The molecule has 0 aromatic carbocycles. The van der Waals surface area contributed by atoms with E-state index < -0.39 is 0 Å². The van der Waals surface area contributed by atoms with Crippen molar-refractivity contribution in [2.75, 3.05) is 6.54 Å². The molecule has 1 N–H and O–H groups in total. The van der Waals surface area contributed by atoms with E-state index in [2.05, 4.69) is 12.2 Å². The molecule has 0 bridgehead atoms. The van der Waals surface area contributed by atoms with Gasteiger partial charge in [0.15, 0.2) is 0 Å². The van der Waals surface area contributed by atoms with Gasteiger partial charge in [-0.2, -0.15) is 0 Å². The number of carbonyl (C=O) groups is 1. The smallest absolute Gasteiger partial charge is 0.223 e. The van der Waals surface area contributed by atoms with Crippen LogP contribution in [-0.2, 0) is 4.79 Å². The van der Waals surface area contributed by atoms with E-state index in [1.807, 2.05) is 0 Å². The fourth-order valence-corrected chi connectivity index (χ4v) is 4.22. The van der Waals surface area contributed by atoms with Gasteiger partial charge in [-0.25, -0.2) is 0 Å². The molecule has 0 aromatic heterocycles. The van der Waals surface area contributed by atoms with Crippen LogP contribution in [0.2, 0.25) is 0 Å². The number of hydrogen-bond donors (Lipinski definition) is 1. The number of nitrogens with one attached hydrogen (secondary N) is 1. The first kappa shape index (κ1) is 23.5. The van der Waals surface area contributed by atoms with Crippen molar-refractivity contribution >= 4 is 5.91 Å². The van der Waals surface area contributed by atoms with Crippen LogP contribution < -0.4 is 5.32 Å². The van der Waals surface area contributed by atoms with Crippen molar-refractivity contribution in [2.45, 2.75) is 135 Å². The molecule has 2 nitrogen and oxygen atoms in total. The van der Waals surface area contributed by atoms with Gasteiger partial charge >= 0.3 is 0 Å². The second-order valence-corrected chi connectivity index (χ2v) is 8.58. The van der Waals surface area contributed by atoms with Crippen LogP contribution in [0.5, 0.6) is 0 Å². The number of unbranched alkanes of at least 4 members (excludes halogenated alkanes) is 14. The van der Waals surface area contributed by atoms with Crippen LogP contribution in [0.4, 0.5) is 0 Å². The number of hydrogen-bond acceptors (Lipinski definition) is 1. The van der Waals surface area contributed by atoms with E-state index in [0.29, 0.717) is 11.8 Å². The highest BCUT2D eigenvalue weighted by Crippen LogP contribution is 2.23. The third kappa shape index (κ3) is 13.6. The Morgan fingerprint density at radius 3 is 1.54 bits per heavy atom. The van der Waals surface area contributed by atoms with Crippen LogP contribution in [0.15, 0.2) is 0 Å². The summed E-state index contributed by atoms with van der Waals surface area (Å²) in [6.45, 7) is 3.18. The van der Waals surface area contributed by atoms with E-state index in [9.17, 15) is 4.79 Å². The molecule has 0 aromatic rings. The lowest BCUT2D eigenvalue weighted by Crippen LogP contribution is -2.32. The lowest BCUT2D eigenvalue weighted by molar-refractivity contribution is -0.125. The minimum atomic E-state index is 0.320. The van der Waals surface area contributed by atoms with Gasteiger partial charge in [0.25, 0.3) is 0 Å². The Labute approximate surface area is 164 Å². The van der Waals surface area contributed by atoms with Crippen molar-refractivity contribution in [1.29, 1.82) is 0 Å². The summed E-state index contributed by atoms with van der Waals surface area (Å²) >= 11 is 0. The van der Waals surface area contributed by atoms with Crippen LogP contribution >= 0.6 is 0 Å². The van der Waals surface area contributed by atoms with Crippen molar-refractivity contribution in [3.05, 3.63) is 0 Å². The molecule has 1 fully saturated rings. The van der Waals surface area contributed by atoms with Crippen LogP contribution in [-0.4, -0.2) is 12.5 Å². The molecule has 0 atom stereocenters. The maximum absolute atomic E-state index is 12.0. The molecular formula is C24H47NO. The molecule has 0 radical (unpaired) electrons. The zero-order chi connectivity index (χ0) is 18.7. The Bertz CT molecular complexity index is 309. The third-order valence-corrected chi connectivity index (χ3v) is 6.06. The molecule has 154 valence electrons. The standard InChI is InChI=1S/C24H47NO/c1-2-3-4-5-6-7-8-9-10-11-12-13-14-15-19-22-25-24(26)23-20-17-16-18-21-23/h23H,2-22H2,1H3,(H,25,26). The van der Waals surface area contributed by atoms with E-state index >= 15 is 0 Å². The SMILES string of the molecule is CCCCCCCCCCCCCCCCCNC(=O)C1CCCCC1. The van der Waals surface area contributed by atoms with Gasteiger partial charge in [-0.3, -0.25) is 4.79 Å². The summed E-state index contributed by atoms with van der Waals surface area (Å²) in [6, 6.07) is 0. The Balaban J connectivity index is 1.72. The van der Waals surface area contributed by atoms with Crippen molar-refractivity contribution in [1.82, 2.24) is 5.32 Å². The van der Waals surface area contributed by atoms with Gasteiger partial charge < -0.3 is 5.32 Å². The fourth-order valence-electron chi connectivity index (χ4n) is 4.22. The summed E-state index contributed by atoms with van der Waals surface area (Å²) in [4.78, 5) is 12.0. The van der Waals surface area contributed by atoms with Crippen molar-refractivity contribution in [3.63, 3.8) is 0 Å². The Hall–Kier alpha value is -0.530. The van der Waals surface area contributed by atoms with Crippen LogP contribution in [0.3, 0.4) is 0 Å². The molecule has 1 saturated carbocycles. The Morgan fingerprint density at radius 2 is 1.08 bits per heavy atom.